The molecule has 0 aromatic heterocycles. The average molecular weight is 130 g/mol. The zero-order valence-corrected chi connectivity index (χ0v) is 4.79. The Kier molecular flexibility index (Phi) is 3.08. The molecule has 0 heterocycles. The summed E-state index contributed by atoms with van der Waals surface area (Å²) in [5.74, 6) is -1.06. The normalized spacial score (nSPS) is 11.2. The molecule has 1 unspecified atom stereocenters. The van der Waals surface area contributed by atoms with Crippen LogP contribution in [-0.2, 0) is 9.59 Å². The first kappa shape index (κ1) is 7.65. The highest BCUT2D eigenvalue weighted by molar-refractivity contribution is 5.72. The number of carboxylic acids is 1. The Morgan fingerprint density at radius 2 is 2.44 bits per heavy atom. The van der Waals surface area contributed by atoms with E-state index in [1.807, 2.05) is 5.43 Å². The predicted octanol–water partition coefficient (Wildman–Crippen LogP) is -0.700. The lowest BCUT2D eigenvalue weighted by Crippen LogP contribution is -2.29. The van der Waals surface area contributed by atoms with Gasteiger partial charge in [0.2, 0.25) is 0 Å². The summed E-state index contributed by atoms with van der Waals surface area (Å²) in [5.41, 5.74) is 2.03. The second-order valence-electron chi connectivity index (χ2n) is 1.39. The molecule has 0 aromatic carbocycles. The Hall–Kier alpha value is -1.35. The first-order valence-electron chi connectivity index (χ1n) is 2.23. The van der Waals surface area contributed by atoms with Crippen LogP contribution in [-0.4, -0.2) is 23.2 Å². The Bertz CT molecular complexity index is 150. The molecule has 0 radical (unpaired) electrons. The van der Waals surface area contributed by atoms with Gasteiger partial charge in [-0.15, -0.1) is 0 Å². The molecule has 0 fully saturated rings. The van der Waals surface area contributed by atoms with Crippen molar-refractivity contribution in [1.29, 1.82) is 0 Å². The van der Waals surface area contributed by atoms with Gasteiger partial charge in [0, 0.05) is 0 Å². The minimum Gasteiger partial charge on any atom is -0.480 e. The SMILES string of the molecule is CC(NN=C=O)C(=O)O. The van der Waals surface area contributed by atoms with Crippen LogP contribution in [0.3, 0.4) is 0 Å². The van der Waals surface area contributed by atoms with Crippen molar-refractivity contribution in [2.24, 2.45) is 5.10 Å². The van der Waals surface area contributed by atoms with E-state index in [4.69, 9.17) is 5.11 Å². The molecule has 1 atom stereocenters. The minimum atomic E-state index is -1.06. The third kappa shape index (κ3) is 3.25. The van der Waals surface area contributed by atoms with Gasteiger partial charge in [-0.05, 0) is 6.92 Å². The van der Waals surface area contributed by atoms with Gasteiger partial charge in [-0.3, -0.25) is 5.43 Å². The van der Waals surface area contributed by atoms with Crippen molar-refractivity contribution in [3.8, 4) is 0 Å². The van der Waals surface area contributed by atoms with Crippen molar-refractivity contribution in [1.82, 2.24) is 5.43 Å². The van der Waals surface area contributed by atoms with Gasteiger partial charge in [0.05, 0.1) is 0 Å². The van der Waals surface area contributed by atoms with Crippen LogP contribution in [0, 0.1) is 0 Å². The zero-order chi connectivity index (χ0) is 7.28. The summed E-state index contributed by atoms with van der Waals surface area (Å²) >= 11 is 0. The molecule has 0 spiro atoms. The van der Waals surface area contributed by atoms with E-state index in [2.05, 4.69) is 5.10 Å². The smallest absolute Gasteiger partial charge is 0.327 e. The maximum Gasteiger partial charge on any atom is 0.327 e. The van der Waals surface area contributed by atoms with Gasteiger partial charge in [-0.25, -0.2) is 9.59 Å². The number of nitrogens with zero attached hydrogens (tertiary/aromatic N) is 1. The van der Waals surface area contributed by atoms with Crippen LogP contribution >= 0.6 is 0 Å². The fourth-order valence-electron chi connectivity index (χ4n) is 0.178. The van der Waals surface area contributed by atoms with E-state index in [1.54, 1.807) is 0 Å². The Balaban J connectivity index is 3.63. The van der Waals surface area contributed by atoms with Crippen LogP contribution in [0.5, 0.6) is 0 Å². The van der Waals surface area contributed by atoms with Crippen molar-refractivity contribution in [3.63, 3.8) is 0 Å². The van der Waals surface area contributed by atoms with Gasteiger partial charge in [-0.2, -0.15) is 0 Å². The number of rotatable bonds is 3. The largest absolute Gasteiger partial charge is 0.480 e. The number of hydrazone groups is 1. The van der Waals surface area contributed by atoms with Crippen molar-refractivity contribution >= 4 is 12.0 Å². The van der Waals surface area contributed by atoms with E-state index in [1.165, 1.54) is 6.92 Å². The van der Waals surface area contributed by atoms with E-state index >= 15 is 0 Å². The molecule has 0 bridgehead atoms. The van der Waals surface area contributed by atoms with Gasteiger partial charge in [0.1, 0.15) is 6.04 Å². The standard InChI is InChI=1S/C4H6N2O3/c1-3(4(8)9)6-5-2-7/h3,6H,1H3,(H,8,9). The molecule has 0 aliphatic heterocycles. The minimum absolute atomic E-state index is 0.841. The molecule has 5 heteroatoms. The summed E-state index contributed by atoms with van der Waals surface area (Å²) in [7, 11) is 0. The lowest BCUT2D eigenvalue weighted by atomic mass is 10.4. The van der Waals surface area contributed by atoms with Crippen LogP contribution < -0.4 is 5.43 Å². The van der Waals surface area contributed by atoms with Crippen molar-refractivity contribution < 1.29 is 14.7 Å². The van der Waals surface area contributed by atoms with Crippen LogP contribution in [0.1, 0.15) is 6.92 Å². The summed E-state index contributed by atoms with van der Waals surface area (Å²) < 4.78 is 0. The molecule has 9 heavy (non-hydrogen) atoms. The Morgan fingerprint density at radius 3 is 2.78 bits per heavy atom. The van der Waals surface area contributed by atoms with E-state index in [0.29, 0.717) is 0 Å². The van der Waals surface area contributed by atoms with Crippen LogP contribution in [0.25, 0.3) is 0 Å². The number of isocyanates is 1. The third-order valence-corrected chi connectivity index (χ3v) is 0.674. The van der Waals surface area contributed by atoms with Gasteiger partial charge in [-0.1, -0.05) is 5.10 Å². The van der Waals surface area contributed by atoms with Gasteiger partial charge < -0.3 is 5.11 Å². The monoisotopic (exact) mass is 130 g/mol. The number of aliphatic carboxylic acids is 1. The lowest BCUT2D eigenvalue weighted by molar-refractivity contribution is -0.138. The summed E-state index contributed by atoms with van der Waals surface area (Å²) in [6.45, 7) is 1.36. The second-order valence-corrected chi connectivity index (χ2v) is 1.39. The molecule has 0 aromatic rings. The number of hydrogen-bond acceptors (Lipinski definition) is 4. The first-order chi connectivity index (χ1) is 4.18. The van der Waals surface area contributed by atoms with Crippen molar-refractivity contribution in [3.05, 3.63) is 0 Å². The molecular formula is C4H6N2O3. The van der Waals surface area contributed by atoms with Crippen LogP contribution in [0.2, 0.25) is 0 Å². The molecule has 0 amide bonds. The molecule has 0 aliphatic carbocycles. The number of carbonyl (C=O) groups excluding carboxylic acids is 1. The van der Waals surface area contributed by atoms with E-state index in [9.17, 15) is 9.59 Å². The first-order valence-corrected chi connectivity index (χ1v) is 2.23. The molecule has 0 saturated carbocycles. The number of hydrogen-bond donors (Lipinski definition) is 2. The molecule has 0 saturated heterocycles. The Morgan fingerprint density at radius 1 is 1.89 bits per heavy atom. The summed E-state index contributed by atoms with van der Waals surface area (Å²) in [5, 5.41) is 11.0. The fourth-order valence-corrected chi connectivity index (χ4v) is 0.178. The van der Waals surface area contributed by atoms with Crippen molar-refractivity contribution in [2.45, 2.75) is 13.0 Å². The molecule has 2 N–H and O–H groups in total. The van der Waals surface area contributed by atoms with E-state index in [0.717, 1.165) is 6.08 Å². The van der Waals surface area contributed by atoms with Crippen molar-refractivity contribution in [2.75, 3.05) is 0 Å². The maximum absolute atomic E-state index is 9.95. The molecular weight excluding hydrogens is 124 g/mol. The Labute approximate surface area is 51.4 Å². The summed E-state index contributed by atoms with van der Waals surface area (Å²) in [4.78, 5) is 19.3. The zero-order valence-electron chi connectivity index (χ0n) is 4.79. The highest BCUT2D eigenvalue weighted by atomic mass is 16.4. The fraction of sp³-hybridized carbons (Fsp3) is 0.500. The van der Waals surface area contributed by atoms with Gasteiger partial charge in [0.15, 0.2) is 0 Å². The van der Waals surface area contributed by atoms with Crippen LogP contribution in [0.4, 0.5) is 0 Å². The third-order valence-electron chi connectivity index (χ3n) is 0.674. The summed E-state index contributed by atoms with van der Waals surface area (Å²) in [6, 6.07) is -0.841. The quantitative estimate of drug-likeness (QED) is 0.301. The molecule has 50 valence electrons. The maximum atomic E-state index is 9.95. The van der Waals surface area contributed by atoms with E-state index in [-0.39, 0.29) is 0 Å². The highest BCUT2D eigenvalue weighted by Gasteiger charge is 2.06. The number of carboxylic acid groups (broad SMARTS) is 1. The molecule has 0 aliphatic rings. The summed E-state index contributed by atoms with van der Waals surface area (Å²) in [6.07, 6.45) is 1.15. The van der Waals surface area contributed by atoms with Crippen LogP contribution in [0.15, 0.2) is 5.10 Å². The van der Waals surface area contributed by atoms with Gasteiger partial charge >= 0.3 is 5.97 Å². The lowest BCUT2D eigenvalue weighted by Gasteiger charge is -2.00. The molecule has 5 nitrogen and oxygen atoms in total. The highest BCUT2D eigenvalue weighted by Crippen LogP contribution is 1.77. The number of nitrogens with one attached hydrogen (secondary N) is 1. The predicted molar refractivity (Wildman–Crippen MR) is 28.4 cm³/mol. The number of carbonyl (C=O) groups is 1. The topological polar surface area (TPSA) is 78.8 Å². The average Bonchev–Trinajstić information content (AvgIpc) is 1.82. The second kappa shape index (κ2) is 3.63. The molecule has 0 rings (SSSR count). The van der Waals surface area contributed by atoms with Gasteiger partial charge in [0.25, 0.3) is 6.08 Å². The van der Waals surface area contributed by atoms with E-state index < -0.39 is 12.0 Å².